The number of carbonyl (C=O) groups excluding carboxylic acids is 1. The van der Waals surface area contributed by atoms with Crippen molar-refractivity contribution in [2.75, 3.05) is 0 Å². The van der Waals surface area contributed by atoms with E-state index in [2.05, 4.69) is 5.10 Å². The molecule has 0 spiro atoms. The molecule has 0 aromatic rings. The summed E-state index contributed by atoms with van der Waals surface area (Å²) in [6.45, 7) is 1.35. The molecule has 0 radical (unpaired) electrons. The SMILES string of the molecule is CC1=NNC(=O)C1(O)O. The van der Waals surface area contributed by atoms with E-state index in [1.54, 1.807) is 0 Å². The highest BCUT2D eigenvalue weighted by molar-refractivity contribution is 6.12. The fourth-order valence-electron chi connectivity index (χ4n) is 0.455. The molecule has 0 fully saturated rings. The van der Waals surface area contributed by atoms with Crippen LogP contribution in [0.1, 0.15) is 6.92 Å². The van der Waals surface area contributed by atoms with E-state index in [9.17, 15) is 4.79 Å². The van der Waals surface area contributed by atoms with Gasteiger partial charge in [0.25, 0.3) is 5.79 Å². The van der Waals surface area contributed by atoms with Crippen LogP contribution in [0.15, 0.2) is 5.10 Å². The van der Waals surface area contributed by atoms with Gasteiger partial charge in [-0.05, 0) is 6.92 Å². The standard InChI is InChI=1S/C4H6N2O3/c1-2-4(8,9)3(7)6-5-2/h8-9H,1H3,(H,6,7). The number of nitrogens with zero attached hydrogens (tertiary/aromatic N) is 1. The minimum Gasteiger partial charge on any atom is -0.354 e. The van der Waals surface area contributed by atoms with Gasteiger partial charge >= 0.3 is 5.91 Å². The van der Waals surface area contributed by atoms with E-state index in [1.807, 2.05) is 5.43 Å². The molecule has 5 nitrogen and oxygen atoms in total. The molecule has 0 unspecified atom stereocenters. The van der Waals surface area contributed by atoms with Gasteiger partial charge in [-0.15, -0.1) is 0 Å². The Labute approximate surface area is 51.0 Å². The average molecular weight is 130 g/mol. The summed E-state index contributed by atoms with van der Waals surface area (Å²) in [7, 11) is 0. The fraction of sp³-hybridized carbons (Fsp3) is 0.500. The summed E-state index contributed by atoms with van der Waals surface area (Å²) in [6.07, 6.45) is 0. The molecule has 1 aliphatic heterocycles. The summed E-state index contributed by atoms with van der Waals surface area (Å²) in [5, 5.41) is 20.8. The molecule has 0 aromatic carbocycles. The zero-order valence-corrected chi connectivity index (χ0v) is 4.75. The van der Waals surface area contributed by atoms with Gasteiger partial charge in [-0.2, -0.15) is 5.10 Å². The number of hydrogen-bond acceptors (Lipinski definition) is 4. The highest BCUT2D eigenvalue weighted by Gasteiger charge is 2.41. The van der Waals surface area contributed by atoms with Crippen molar-refractivity contribution < 1.29 is 15.0 Å². The van der Waals surface area contributed by atoms with Gasteiger partial charge in [-0.1, -0.05) is 0 Å². The molecule has 0 bridgehead atoms. The van der Waals surface area contributed by atoms with Gasteiger partial charge in [-0.3, -0.25) is 4.79 Å². The third-order valence-corrected chi connectivity index (χ3v) is 1.15. The van der Waals surface area contributed by atoms with Crippen molar-refractivity contribution in [3.8, 4) is 0 Å². The van der Waals surface area contributed by atoms with Crippen LogP contribution in [-0.4, -0.2) is 27.6 Å². The molecule has 0 saturated heterocycles. The normalized spacial score (nSPS) is 23.4. The van der Waals surface area contributed by atoms with E-state index in [0.29, 0.717) is 0 Å². The highest BCUT2D eigenvalue weighted by Crippen LogP contribution is 2.07. The van der Waals surface area contributed by atoms with Crippen molar-refractivity contribution in [2.45, 2.75) is 12.7 Å². The Morgan fingerprint density at radius 2 is 2.22 bits per heavy atom. The molecule has 0 aliphatic carbocycles. The Hall–Kier alpha value is -0.940. The molecule has 50 valence electrons. The minimum absolute atomic E-state index is 0.0347. The maximum atomic E-state index is 10.4. The Morgan fingerprint density at radius 1 is 1.67 bits per heavy atom. The lowest BCUT2D eigenvalue weighted by Crippen LogP contribution is -2.44. The summed E-state index contributed by atoms with van der Waals surface area (Å²) in [5.41, 5.74) is 1.87. The van der Waals surface area contributed by atoms with Crippen LogP contribution in [0.5, 0.6) is 0 Å². The zero-order chi connectivity index (χ0) is 7.07. The summed E-state index contributed by atoms with van der Waals surface area (Å²) in [6, 6.07) is 0. The van der Waals surface area contributed by atoms with Crippen LogP contribution in [0, 0.1) is 0 Å². The van der Waals surface area contributed by atoms with Crippen LogP contribution >= 0.6 is 0 Å². The first-order chi connectivity index (χ1) is 4.05. The lowest BCUT2D eigenvalue weighted by molar-refractivity contribution is -0.158. The first kappa shape index (κ1) is 6.18. The van der Waals surface area contributed by atoms with Crippen LogP contribution in [-0.2, 0) is 4.79 Å². The van der Waals surface area contributed by atoms with Crippen molar-refractivity contribution in [2.24, 2.45) is 5.10 Å². The summed E-state index contributed by atoms with van der Waals surface area (Å²) in [4.78, 5) is 10.4. The van der Waals surface area contributed by atoms with E-state index in [1.165, 1.54) is 6.92 Å². The third kappa shape index (κ3) is 0.701. The maximum absolute atomic E-state index is 10.4. The van der Waals surface area contributed by atoms with Gasteiger partial charge in [0.2, 0.25) is 0 Å². The van der Waals surface area contributed by atoms with E-state index >= 15 is 0 Å². The largest absolute Gasteiger partial charge is 0.354 e. The Kier molecular flexibility index (Phi) is 1.04. The molecule has 1 rings (SSSR count). The van der Waals surface area contributed by atoms with Gasteiger partial charge in [0, 0.05) is 0 Å². The Balaban J connectivity index is 2.93. The Morgan fingerprint density at radius 3 is 2.33 bits per heavy atom. The number of rotatable bonds is 0. The van der Waals surface area contributed by atoms with Crippen molar-refractivity contribution >= 4 is 11.6 Å². The Bertz CT molecular complexity index is 184. The number of hydrogen-bond donors (Lipinski definition) is 3. The van der Waals surface area contributed by atoms with Crippen LogP contribution in [0.3, 0.4) is 0 Å². The molecule has 1 aliphatic rings. The molecule has 0 aromatic heterocycles. The van der Waals surface area contributed by atoms with Gasteiger partial charge in [0.1, 0.15) is 5.71 Å². The van der Waals surface area contributed by atoms with Crippen molar-refractivity contribution in [3.63, 3.8) is 0 Å². The quantitative estimate of drug-likeness (QED) is 0.337. The van der Waals surface area contributed by atoms with E-state index in [-0.39, 0.29) is 5.71 Å². The molecule has 1 heterocycles. The third-order valence-electron chi connectivity index (χ3n) is 1.15. The fourth-order valence-corrected chi connectivity index (χ4v) is 0.455. The zero-order valence-electron chi connectivity index (χ0n) is 4.75. The second kappa shape index (κ2) is 1.52. The monoisotopic (exact) mass is 130 g/mol. The van der Waals surface area contributed by atoms with Gasteiger partial charge in [-0.25, -0.2) is 5.43 Å². The van der Waals surface area contributed by atoms with Gasteiger partial charge < -0.3 is 10.2 Å². The van der Waals surface area contributed by atoms with Crippen molar-refractivity contribution in [1.29, 1.82) is 0 Å². The topological polar surface area (TPSA) is 81.9 Å². The van der Waals surface area contributed by atoms with Crippen LogP contribution in [0.2, 0.25) is 0 Å². The van der Waals surface area contributed by atoms with Crippen LogP contribution < -0.4 is 5.43 Å². The van der Waals surface area contributed by atoms with E-state index in [0.717, 1.165) is 0 Å². The highest BCUT2D eigenvalue weighted by atomic mass is 16.5. The summed E-state index contributed by atoms with van der Waals surface area (Å²) < 4.78 is 0. The first-order valence-corrected chi connectivity index (χ1v) is 2.35. The number of amides is 1. The second-order valence-corrected chi connectivity index (χ2v) is 1.81. The van der Waals surface area contributed by atoms with E-state index in [4.69, 9.17) is 10.2 Å². The van der Waals surface area contributed by atoms with Crippen LogP contribution in [0.4, 0.5) is 0 Å². The summed E-state index contributed by atoms with van der Waals surface area (Å²) >= 11 is 0. The second-order valence-electron chi connectivity index (χ2n) is 1.81. The molecule has 1 amide bonds. The minimum atomic E-state index is -2.39. The molecule has 5 heteroatoms. The molecular weight excluding hydrogens is 124 g/mol. The summed E-state index contributed by atoms with van der Waals surface area (Å²) in [5.74, 6) is -3.29. The number of aliphatic hydroxyl groups is 2. The maximum Gasteiger partial charge on any atom is 0.306 e. The lowest BCUT2D eigenvalue weighted by atomic mass is 10.2. The van der Waals surface area contributed by atoms with Crippen LogP contribution in [0.25, 0.3) is 0 Å². The van der Waals surface area contributed by atoms with E-state index < -0.39 is 11.7 Å². The smallest absolute Gasteiger partial charge is 0.306 e. The number of hydrazone groups is 1. The predicted molar refractivity (Wildman–Crippen MR) is 28.4 cm³/mol. The first-order valence-electron chi connectivity index (χ1n) is 2.35. The predicted octanol–water partition coefficient (Wildman–Crippen LogP) is -1.83. The average Bonchev–Trinajstić information content (AvgIpc) is 1.96. The van der Waals surface area contributed by atoms with Gasteiger partial charge in [0.15, 0.2) is 0 Å². The number of carbonyl (C=O) groups is 1. The molecule has 9 heavy (non-hydrogen) atoms. The molecule has 0 saturated carbocycles. The number of nitrogens with one attached hydrogen (secondary N) is 1. The molecule has 0 atom stereocenters. The lowest BCUT2D eigenvalue weighted by Gasteiger charge is -2.09. The molecular formula is C4H6N2O3. The van der Waals surface area contributed by atoms with Gasteiger partial charge in [0.05, 0.1) is 0 Å². The van der Waals surface area contributed by atoms with Crippen molar-refractivity contribution in [3.05, 3.63) is 0 Å². The van der Waals surface area contributed by atoms with Crippen molar-refractivity contribution in [1.82, 2.24) is 5.43 Å². The molecule has 3 N–H and O–H groups in total.